The Bertz CT molecular complexity index is 821. The normalized spacial score (nSPS) is 21.5. The number of amides is 1. The second kappa shape index (κ2) is 8.29. The van der Waals surface area contributed by atoms with Gasteiger partial charge in [-0.2, -0.15) is 0 Å². The standard InChI is InChI=1S/C22H27N3O3/c1-25(13-15-4-7-23-8-5-15)14-21(27)24-22(18-11-19(26)12-18)17-2-3-20-16(10-17)6-9-28-20/h2-5,7-8,10,18-19,22,26H,6,9,11-14H2,1H3,(H,24,27)/t18?,19?,22-/m0/s1. The highest BCUT2D eigenvalue weighted by molar-refractivity contribution is 5.78. The minimum absolute atomic E-state index is 0.000283. The fourth-order valence-corrected chi connectivity index (χ4v) is 4.10. The zero-order valence-electron chi connectivity index (χ0n) is 16.2. The van der Waals surface area contributed by atoms with E-state index < -0.39 is 0 Å². The molecule has 2 aliphatic rings. The Morgan fingerprint density at radius 1 is 1.32 bits per heavy atom. The van der Waals surface area contributed by atoms with Gasteiger partial charge in [0.05, 0.1) is 25.3 Å². The van der Waals surface area contributed by atoms with Crippen LogP contribution in [0.2, 0.25) is 0 Å². The van der Waals surface area contributed by atoms with Crippen LogP contribution in [0.4, 0.5) is 0 Å². The molecule has 0 spiro atoms. The first-order valence-corrected chi connectivity index (χ1v) is 9.89. The van der Waals surface area contributed by atoms with Crippen LogP contribution in [-0.2, 0) is 17.8 Å². The van der Waals surface area contributed by atoms with Crippen LogP contribution in [0, 0.1) is 5.92 Å². The molecule has 1 saturated carbocycles. The molecule has 1 amide bonds. The van der Waals surface area contributed by atoms with E-state index in [2.05, 4.69) is 16.4 Å². The summed E-state index contributed by atoms with van der Waals surface area (Å²) in [5.41, 5.74) is 3.43. The number of benzene rings is 1. The molecule has 28 heavy (non-hydrogen) atoms. The van der Waals surface area contributed by atoms with E-state index in [0.29, 0.717) is 13.1 Å². The summed E-state index contributed by atoms with van der Waals surface area (Å²) in [4.78, 5) is 18.8. The first-order valence-electron chi connectivity index (χ1n) is 9.89. The Kier molecular flexibility index (Phi) is 5.59. The van der Waals surface area contributed by atoms with Crippen LogP contribution in [0.3, 0.4) is 0 Å². The fraction of sp³-hybridized carbons (Fsp3) is 0.455. The van der Waals surface area contributed by atoms with Crippen molar-refractivity contribution in [3.63, 3.8) is 0 Å². The van der Waals surface area contributed by atoms with Gasteiger partial charge in [0.15, 0.2) is 0 Å². The molecular formula is C22H27N3O3. The number of hydrogen-bond donors (Lipinski definition) is 2. The summed E-state index contributed by atoms with van der Waals surface area (Å²) in [6.45, 7) is 1.73. The van der Waals surface area contributed by atoms with Crippen molar-refractivity contribution in [3.8, 4) is 5.75 Å². The number of likely N-dealkylation sites (N-methyl/N-ethyl adjacent to an activating group) is 1. The smallest absolute Gasteiger partial charge is 0.234 e. The second-order valence-corrected chi connectivity index (χ2v) is 7.92. The summed E-state index contributed by atoms with van der Waals surface area (Å²) in [6, 6.07) is 10.0. The van der Waals surface area contributed by atoms with Crippen molar-refractivity contribution in [1.82, 2.24) is 15.2 Å². The van der Waals surface area contributed by atoms with E-state index in [1.54, 1.807) is 12.4 Å². The van der Waals surface area contributed by atoms with Gasteiger partial charge >= 0.3 is 0 Å². The van der Waals surface area contributed by atoms with Crippen LogP contribution < -0.4 is 10.1 Å². The van der Waals surface area contributed by atoms with E-state index in [4.69, 9.17) is 4.74 Å². The topological polar surface area (TPSA) is 74.7 Å². The molecule has 4 rings (SSSR count). The lowest BCUT2D eigenvalue weighted by Gasteiger charge is -2.38. The molecule has 0 bridgehead atoms. The molecule has 1 aromatic heterocycles. The van der Waals surface area contributed by atoms with Crippen molar-refractivity contribution in [3.05, 3.63) is 59.4 Å². The summed E-state index contributed by atoms with van der Waals surface area (Å²) >= 11 is 0. The molecule has 6 heteroatoms. The van der Waals surface area contributed by atoms with Gasteiger partial charge in [-0.25, -0.2) is 0 Å². The van der Waals surface area contributed by atoms with Crippen LogP contribution in [-0.4, -0.2) is 47.2 Å². The average Bonchev–Trinajstić information content (AvgIpc) is 3.12. The van der Waals surface area contributed by atoms with Crippen molar-refractivity contribution in [2.45, 2.75) is 38.0 Å². The van der Waals surface area contributed by atoms with Crippen LogP contribution in [0.1, 0.15) is 35.6 Å². The molecular weight excluding hydrogens is 354 g/mol. The number of pyridine rings is 1. The molecule has 0 unspecified atom stereocenters. The highest BCUT2D eigenvalue weighted by Crippen LogP contribution is 2.39. The van der Waals surface area contributed by atoms with Gasteiger partial charge in [0.2, 0.25) is 5.91 Å². The van der Waals surface area contributed by atoms with Crippen LogP contribution >= 0.6 is 0 Å². The monoisotopic (exact) mass is 381 g/mol. The Labute approximate surface area is 165 Å². The molecule has 2 N–H and O–H groups in total. The van der Waals surface area contributed by atoms with E-state index in [-0.39, 0.29) is 24.0 Å². The largest absolute Gasteiger partial charge is 0.493 e. The van der Waals surface area contributed by atoms with Gasteiger partial charge in [-0.1, -0.05) is 6.07 Å². The number of carbonyl (C=O) groups excluding carboxylic acids is 1. The first-order chi connectivity index (χ1) is 13.6. The number of aromatic nitrogens is 1. The number of aliphatic hydroxyl groups is 1. The summed E-state index contributed by atoms with van der Waals surface area (Å²) in [5, 5.41) is 13.0. The Morgan fingerprint density at radius 3 is 2.86 bits per heavy atom. The van der Waals surface area contributed by atoms with Gasteiger partial charge in [0, 0.05) is 25.4 Å². The summed E-state index contributed by atoms with van der Waals surface area (Å²) in [5.74, 6) is 1.21. The summed E-state index contributed by atoms with van der Waals surface area (Å²) in [6.07, 6.45) is 5.64. The zero-order valence-corrected chi connectivity index (χ0v) is 16.2. The van der Waals surface area contributed by atoms with E-state index in [1.165, 1.54) is 5.56 Å². The third-order valence-corrected chi connectivity index (χ3v) is 5.63. The highest BCUT2D eigenvalue weighted by atomic mass is 16.5. The number of nitrogens with zero attached hydrogens (tertiary/aromatic N) is 2. The quantitative estimate of drug-likeness (QED) is 0.768. The zero-order chi connectivity index (χ0) is 19.5. The van der Waals surface area contributed by atoms with E-state index in [1.807, 2.05) is 36.2 Å². The summed E-state index contributed by atoms with van der Waals surface area (Å²) in [7, 11) is 1.94. The Balaban J connectivity index is 1.41. The van der Waals surface area contributed by atoms with Gasteiger partial charge in [0.1, 0.15) is 5.75 Å². The van der Waals surface area contributed by atoms with Gasteiger partial charge < -0.3 is 15.2 Å². The third-order valence-electron chi connectivity index (χ3n) is 5.63. The number of aliphatic hydroxyl groups excluding tert-OH is 1. The van der Waals surface area contributed by atoms with Crippen molar-refractivity contribution in [2.75, 3.05) is 20.2 Å². The maximum absolute atomic E-state index is 12.7. The lowest BCUT2D eigenvalue weighted by molar-refractivity contribution is -0.124. The lowest BCUT2D eigenvalue weighted by Crippen LogP contribution is -2.44. The number of hydrogen-bond acceptors (Lipinski definition) is 5. The number of carbonyl (C=O) groups is 1. The van der Waals surface area contributed by atoms with Gasteiger partial charge in [-0.3, -0.25) is 14.7 Å². The number of fused-ring (bicyclic) bond motifs is 1. The molecule has 2 heterocycles. The molecule has 148 valence electrons. The molecule has 2 aromatic rings. The molecule has 0 radical (unpaired) electrons. The molecule has 1 atom stereocenters. The first kappa shape index (κ1) is 18.9. The van der Waals surface area contributed by atoms with Crippen molar-refractivity contribution in [1.29, 1.82) is 0 Å². The minimum Gasteiger partial charge on any atom is -0.493 e. The SMILES string of the molecule is CN(CC(=O)N[C@@H](c1ccc2c(c1)CCO2)C1CC(O)C1)Cc1ccncc1. The van der Waals surface area contributed by atoms with E-state index in [9.17, 15) is 9.90 Å². The van der Waals surface area contributed by atoms with Crippen molar-refractivity contribution in [2.24, 2.45) is 5.92 Å². The van der Waals surface area contributed by atoms with Crippen molar-refractivity contribution < 1.29 is 14.6 Å². The van der Waals surface area contributed by atoms with Crippen LogP contribution in [0.5, 0.6) is 5.75 Å². The second-order valence-electron chi connectivity index (χ2n) is 7.92. The molecule has 1 aliphatic carbocycles. The third kappa shape index (κ3) is 4.34. The van der Waals surface area contributed by atoms with E-state index >= 15 is 0 Å². The molecule has 0 saturated heterocycles. The molecule has 6 nitrogen and oxygen atoms in total. The molecule has 1 aromatic carbocycles. The fourth-order valence-electron chi connectivity index (χ4n) is 4.10. The Morgan fingerprint density at radius 2 is 2.11 bits per heavy atom. The highest BCUT2D eigenvalue weighted by Gasteiger charge is 2.36. The number of rotatable bonds is 7. The predicted octanol–water partition coefficient (Wildman–Crippen LogP) is 2.08. The Hall–Kier alpha value is -2.44. The lowest BCUT2D eigenvalue weighted by atomic mass is 9.75. The van der Waals surface area contributed by atoms with Gasteiger partial charge in [-0.05, 0) is 66.8 Å². The van der Waals surface area contributed by atoms with Crippen LogP contribution in [0.25, 0.3) is 0 Å². The minimum atomic E-state index is -0.253. The maximum Gasteiger partial charge on any atom is 0.234 e. The van der Waals surface area contributed by atoms with Crippen molar-refractivity contribution >= 4 is 5.91 Å². The van der Waals surface area contributed by atoms with E-state index in [0.717, 1.165) is 42.7 Å². The van der Waals surface area contributed by atoms with Crippen LogP contribution in [0.15, 0.2) is 42.7 Å². The number of ether oxygens (including phenoxy) is 1. The van der Waals surface area contributed by atoms with Gasteiger partial charge in [-0.15, -0.1) is 0 Å². The maximum atomic E-state index is 12.7. The average molecular weight is 381 g/mol. The molecule has 1 fully saturated rings. The predicted molar refractivity (Wildman–Crippen MR) is 106 cm³/mol. The van der Waals surface area contributed by atoms with Gasteiger partial charge in [0.25, 0.3) is 0 Å². The number of nitrogens with one attached hydrogen (secondary N) is 1. The summed E-state index contributed by atoms with van der Waals surface area (Å²) < 4.78 is 5.60. The molecule has 1 aliphatic heterocycles.